The minimum absolute atomic E-state index is 0.0478. The second-order valence-corrected chi connectivity index (χ2v) is 10.3. The summed E-state index contributed by atoms with van der Waals surface area (Å²) < 4.78 is 11.6. The average Bonchev–Trinajstić information content (AvgIpc) is 3.23. The Morgan fingerprint density at radius 1 is 1.00 bits per heavy atom. The monoisotopic (exact) mass is 490 g/mol. The van der Waals surface area contributed by atoms with Gasteiger partial charge in [-0.15, -0.1) is 0 Å². The van der Waals surface area contributed by atoms with Crippen LogP contribution in [0.25, 0.3) is 6.08 Å². The van der Waals surface area contributed by atoms with E-state index in [0.29, 0.717) is 24.1 Å². The van der Waals surface area contributed by atoms with Crippen LogP contribution in [0.1, 0.15) is 51.7 Å². The third kappa shape index (κ3) is 6.00. The Hall–Kier alpha value is -3.39. The number of nitrogens with zero attached hydrogens (tertiary/aromatic N) is 3. The molecule has 2 heterocycles. The molecule has 2 aromatic rings. The number of hydrazone groups is 1. The van der Waals surface area contributed by atoms with Gasteiger partial charge in [0.05, 0.1) is 5.57 Å². The van der Waals surface area contributed by atoms with Gasteiger partial charge in [-0.25, -0.2) is 0 Å². The molecule has 0 bridgehead atoms. The molecule has 0 atom stereocenters. The largest absolute Gasteiger partial charge is 0.490 e. The van der Waals surface area contributed by atoms with Crippen LogP contribution in [-0.2, 0) is 10.2 Å². The summed E-state index contributed by atoms with van der Waals surface area (Å²) in [5, 5.41) is 15.6. The molecule has 4 rings (SSSR count). The maximum Gasteiger partial charge on any atom is 0.283 e. The molecule has 1 amide bonds. The molecule has 35 heavy (non-hydrogen) atoms. The van der Waals surface area contributed by atoms with Crippen molar-refractivity contribution in [1.29, 1.82) is 5.41 Å². The molecule has 2 aliphatic rings. The van der Waals surface area contributed by atoms with Gasteiger partial charge in [-0.2, -0.15) is 15.1 Å². The number of hydrogen-bond acceptors (Lipinski definition) is 6. The van der Waals surface area contributed by atoms with Crippen molar-refractivity contribution in [2.45, 2.75) is 46.0 Å². The first-order chi connectivity index (χ1) is 16.7. The predicted octanol–water partition coefficient (Wildman–Crippen LogP) is 5.86. The zero-order valence-corrected chi connectivity index (χ0v) is 21.3. The van der Waals surface area contributed by atoms with Crippen molar-refractivity contribution in [1.82, 2.24) is 5.01 Å². The van der Waals surface area contributed by atoms with Crippen molar-refractivity contribution in [3.8, 4) is 11.5 Å². The van der Waals surface area contributed by atoms with Crippen LogP contribution < -0.4 is 9.47 Å². The summed E-state index contributed by atoms with van der Waals surface area (Å²) in [5.74, 6) is 1.15. The second-order valence-electron chi connectivity index (χ2n) is 9.30. The Morgan fingerprint density at radius 3 is 2.17 bits per heavy atom. The molecule has 0 saturated carbocycles. The van der Waals surface area contributed by atoms with Gasteiger partial charge in [0.15, 0.2) is 5.84 Å². The summed E-state index contributed by atoms with van der Waals surface area (Å²) >= 11 is 1.36. The van der Waals surface area contributed by atoms with Crippen LogP contribution in [-0.4, -0.2) is 40.2 Å². The molecule has 0 aromatic heterocycles. The van der Waals surface area contributed by atoms with E-state index in [1.807, 2.05) is 36.4 Å². The molecule has 2 aromatic carbocycles. The highest BCUT2D eigenvalue weighted by Gasteiger charge is 2.35. The maximum atomic E-state index is 12.5. The lowest BCUT2D eigenvalue weighted by Gasteiger charge is -2.20. The van der Waals surface area contributed by atoms with Gasteiger partial charge < -0.3 is 9.47 Å². The fourth-order valence-corrected chi connectivity index (χ4v) is 4.53. The van der Waals surface area contributed by atoms with Crippen LogP contribution in [0.5, 0.6) is 11.5 Å². The first-order valence-corrected chi connectivity index (χ1v) is 12.5. The van der Waals surface area contributed by atoms with Crippen LogP contribution in [0.2, 0.25) is 0 Å². The Labute approximate surface area is 210 Å². The van der Waals surface area contributed by atoms with Gasteiger partial charge in [0.1, 0.15) is 29.8 Å². The molecule has 182 valence electrons. The highest BCUT2D eigenvalue weighted by atomic mass is 32.2. The summed E-state index contributed by atoms with van der Waals surface area (Å²) in [5.41, 5.74) is 2.38. The van der Waals surface area contributed by atoms with E-state index in [0.717, 1.165) is 29.2 Å². The highest BCUT2D eigenvalue weighted by Crippen LogP contribution is 2.30. The van der Waals surface area contributed by atoms with Crippen molar-refractivity contribution in [2.24, 2.45) is 10.1 Å². The number of ether oxygens (including phenoxy) is 2. The molecule has 1 N–H and O–H groups in total. The van der Waals surface area contributed by atoms with Gasteiger partial charge in [0.25, 0.3) is 5.91 Å². The first-order valence-electron chi connectivity index (χ1n) is 11.7. The maximum absolute atomic E-state index is 12.5. The van der Waals surface area contributed by atoms with Gasteiger partial charge in [-0.3, -0.25) is 10.2 Å². The van der Waals surface area contributed by atoms with E-state index in [9.17, 15) is 4.79 Å². The molecular formula is C27H30N4O3S. The average molecular weight is 491 g/mol. The van der Waals surface area contributed by atoms with Crippen molar-refractivity contribution in [3.05, 3.63) is 65.2 Å². The van der Waals surface area contributed by atoms with Crippen molar-refractivity contribution in [3.63, 3.8) is 0 Å². The van der Waals surface area contributed by atoms with Crippen LogP contribution in [0.15, 0.2) is 64.2 Å². The third-order valence-corrected chi connectivity index (χ3v) is 6.46. The van der Waals surface area contributed by atoms with Crippen LogP contribution in [0.3, 0.4) is 0 Å². The van der Waals surface area contributed by atoms with Gasteiger partial charge in [-0.1, -0.05) is 52.0 Å². The molecule has 0 unspecified atom stereocenters. The molecule has 0 radical (unpaired) electrons. The number of hydrogen-bond donors (Lipinski definition) is 1. The lowest BCUT2D eigenvalue weighted by molar-refractivity contribution is -0.114. The van der Waals surface area contributed by atoms with Crippen molar-refractivity contribution < 1.29 is 14.3 Å². The van der Waals surface area contributed by atoms with E-state index >= 15 is 0 Å². The quantitative estimate of drug-likeness (QED) is 0.370. The summed E-state index contributed by atoms with van der Waals surface area (Å²) in [7, 11) is 0. The lowest BCUT2D eigenvalue weighted by atomic mass is 9.87. The number of carbonyl (C=O) groups excluding carboxylic acids is 1. The summed E-state index contributed by atoms with van der Waals surface area (Å²) in [4.78, 5) is 16.6. The number of carbonyl (C=O) groups is 1. The van der Waals surface area contributed by atoms with E-state index in [2.05, 4.69) is 49.9 Å². The number of thioether (sulfide) groups is 1. The number of nitrogens with one attached hydrogen (secondary N) is 1. The Balaban J connectivity index is 1.31. The first kappa shape index (κ1) is 24.7. The van der Waals surface area contributed by atoms with E-state index in [-0.39, 0.29) is 16.8 Å². The zero-order chi connectivity index (χ0) is 25.0. The molecule has 0 saturated heterocycles. The number of fused-ring (bicyclic) bond motifs is 1. The number of amidine groups is 2. The van der Waals surface area contributed by atoms with Crippen LogP contribution >= 0.6 is 11.8 Å². The third-order valence-electron chi connectivity index (χ3n) is 5.49. The zero-order valence-electron chi connectivity index (χ0n) is 20.5. The summed E-state index contributed by atoms with van der Waals surface area (Å²) in [6.45, 7) is 9.46. The summed E-state index contributed by atoms with van der Waals surface area (Å²) in [6, 6.07) is 15.5. The van der Waals surface area contributed by atoms with Crippen molar-refractivity contribution >= 4 is 39.8 Å². The number of benzene rings is 2. The molecule has 2 aliphatic heterocycles. The minimum atomic E-state index is -0.422. The number of amides is 1. The fourth-order valence-electron chi connectivity index (χ4n) is 3.54. The van der Waals surface area contributed by atoms with Gasteiger partial charge in [0.2, 0.25) is 5.17 Å². The van der Waals surface area contributed by atoms with Gasteiger partial charge >= 0.3 is 0 Å². The Bertz CT molecular complexity index is 1190. The molecule has 0 spiro atoms. The fraction of sp³-hybridized carbons (Fsp3) is 0.333. The van der Waals surface area contributed by atoms with E-state index in [1.165, 1.54) is 22.3 Å². The lowest BCUT2D eigenvalue weighted by Crippen LogP contribution is -2.35. The standard InChI is InChI=1S/C27H30N4O3S/c1-5-6-23-30-31-24(28)22(25(32)29-26(31)35-23)17-18-7-11-20(12-8-18)33-15-16-34-21-13-9-19(10-14-21)27(2,3)4/h7-14,17,28H,5-6,15-16H2,1-4H3. The second kappa shape index (κ2) is 10.5. The number of rotatable bonds is 8. The molecular weight excluding hydrogens is 460 g/mol. The van der Waals surface area contributed by atoms with Crippen LogP contribution in [0.4, 0.5) is 0 Å². The number of aliphatic imine (C=N–C) groups is 1. The summed E-state index contributed by atoms with van der Waals surface area (Å²) in [6.07, 6.45) is 3.41. The molecule has 7 nitrogen and oxygen atoms in total. The van der Waals surface area contributed by atoms with E-state index in [1.54, 1.807) is 6.08 Å². The molecule has 8 heteroatoms. The smallest absolute Gasteiger partial charge is 0.283 e. The van der Waals surface area contributed by atoms with Gasteiger partial charge in [0, 0.05) is 0 Å². The normalized spacial score (nSPS) is 16.8. The SMILES string of the molecule is CCCC1=NN2C(=N)C(=Cc3ccc(OCCOc4ccc(C(C)(C)C)cc4)cc3)C(=O)N=C2S1. The van der Waals surface area contributed by atoms with Crippen molar-refractivity contribution in [2.75, 3.05) is 13.2 Å². The molecule has 0 aliphatic carbocycles. The minimum Gasteiger partial charge on any atom is -0.490 e. The molecule has 0 fully saturated rings. The van der Waals surface area contributed by atoms with E-state index in [4.69, 9.17) is 14.9 Å². The topological polar surface area (TPSA) is 87.3 Å². The predicted molar refractivity (Wildman–Crippen MR) is 142 cm³/mol. The Morgan fingerprint density at radius 2 is 1.60 bits per heavy atom. The Kier molecular flexibility index (Phi) is 7.40. The van der Waals surface area contributed by atoms with Gasteiger partial charge in [-0.05, 0) is 71.5 Å². The van der Waals surface area contributed by atoms with Crippen LogP contribution in [0, 0.1) is 5.41 Å². The van der Waals surface area contributed by atoms with E-state index < -0.39 is 5.91 Å². The highest BCUT2D eigenvalue weighted by molar-refractivity contribution is 8.26.